The van der Waals surface area contributed by atoms with E-state index >= 15 is 0 Å². The van der Waals surface area contributed by atoms with Gasteiger partial charge in [0.1, 0.15) is 0 Å². The number of rotatable bonds is 4. The molecule has 0 N–H and O–H groups in total. The molecule has 2 aromatic carbocycles. The summed E-state index contributed by atoms with van der Waals surface area (Å²) in [6.45, 7) is 5.21. The SMILES string of the molecule is CN(CC1ON=C(c2ccccc2)C1(C)C)c1ccccc1. The summed E-state index contributed by atoms with van der Waals surface area (Å²) in [5, 5.41) is 4.38. The lowest BCUT2D eigenvalue weighted by Gasteiger charge is -2.30. The molecular weight excluding hydrogens is 272 g/mol. The van der Waals surface area contributed by atoms with Crippen LogP contribution < -0.4 is 4.90 Å². The number of likely N-dealkylation sites (N-methyl/N-ethyl adjacent to an activating group) is 1. The van der Waals surface area contributed by atoms with Crippen LogP contribution in [0.1, 0.15) is 19.4 Å². The quantitative estimate of drug-likeness (QED) is 0.853. The fourth-order valence-electron chi connectivity index (χ4n) is 2.84. The Bertz CT molecular complexity index is 650. The minimum absolute atomic E-state index is 0.0351. The van der Waals surface area contributed by atoms with Crippen LogP contribution in [0.5, 0.6) is 0 Å². The first-order valence-corrected chi connectivity index (χ1v) is 7.65. The van der Waals surface area contributed by atoms with Crippen molar-refractivity contribution in [2.75, 3.05) is 18.5 Å². The van der Waals surface area contributed by atoms with E-state index in [9.17, 15) is 0 Å². The molecule has 3 heteroatoms. The van der Waals surface area contributed by atoms with Gasteiger partial charge in [0.15, 0.2) is 6.10 Å². The summed E-state index contributed by atoms with van der Waals surface area (Å²) < 4.78 is 0. The maximum atomic E-state index is 5.77. The Kier molecular flexibility index (Phi) is 3.88. The number of nitrogens with zero attached hydrogens (tertiary/aromatic N) is 2. The predicted molar refractivity (Wildman–Crippen MR) is 91.3 cm³/mol. The maximum Gasteiger partial charge on any atom is 0.155 e. The zero-order valence-electron chi connectivity index (χ0n) is 13.4. The van der Waals surface area contributed by atoms with Crippen LogP contribution in [0.2, 0.25) is 0 Å². The Labute approximate surface area is 132 Å². The van der Waals surface area contributed by atoms with E-state index in [4.69, 9.17) is 4.84 Å². The number of para-hydroxylation sites is 1. The molecule has 0 saturated heterocycles. The highest BCUT2D eigenvalue weighted by atomic mass is 16.6. The first-order valence-electron chi connectivity index (χ1n) is 7.65. The highest BCUT2D eigenvalue weighted by Crippen LogP contribution is 2.35. The average Bonchev–Trinajstić information content (AvgIpc) is 2.84. The molecule has 1 aliphatic heterocycles. The van der Waals surface area contributed by atoms with Gasteiger partial charge in [0.05, 0.1) is 17.7 Å². The topological polar surface area (TPSA) is 24.8 Å². The van der Waals surface area contributed by atoms with E-state index in [1.165, 1.54) is 5.69 Å². The van der Waals surface area contributed by atoms with Crippen LogP contribution in [0, 0.1) is 5.41 Å². The van der Waals surface area contributed by atoms with Crippen LogP contribution in [0.15, 0.2) is 65.8 Å². The number of benzene rings is 2. The molecule has 0 aliphatic carbocycles. The van der Waals surface area contributed by atoms with Crippen LogP contribution >= 0.6 is 0 Å². The van der Waals surface area contributed by atoms with E-state index in [0.717, 1.165) is 17.8 Å². The summed E-state index contributed by atoms with van der Waals surface area (Å²) in [6, 6.07) is 20.6. The highest BCUT2D eigenvalue weighted by molar-refractivity contribution is 6.05. The van der Waals surface area contributed by atoms with Crippen molar-refractivity contribution in [3.8, 4) is 0 Å². The van der Waals surface area contributed by atoms with Crippen LogP contribution in [0.4, 0.5) is 5.69 Å². The maximum absolute atomic E-state index is 5.77. The van der Waals surface area contributed by atoms with Crippen molar-refractivity contribution < 1.29 is 4.84 Å². The van der Waals surface area contributed by atoms with Crippen LogP contribution in [-0.2, 0) is 4.84 Å². The number of hydrogen-bond acceptors (Lipinski definition) is 3. The average molecular weight is 294 g/mol. The summed E-state index contributed by atoms with van der Waals surface area (Å²) in [6.07, 6.45) is 0.0351. The first kappa shape index (κ1) is 14.6. The largest absolute Gasteiger partial charge is 0.389 e. The van der Waals surface area contributed by atoms with Gasteiger partial charge < -0.3 is 9.74 Å². The summed E-state index contributed by atoms with van der Waals surface area (Å²) in [7, 11) is 2.09. The second kappa shape index (κ2) is 5.84. The van der Waals surface area contributed by atoms with Gasteiger partial charge in [-0.1, -0.05) is 67.5 Å². The van der Waals surface area contributed by atoms with E-state index in [-0.39, 0.29) is 11.5 Å². The van der Waals surface area contributed by atoms with Gasteiger partial charge in [-0.3, -0.25) is 0 Å². The molecule has 0 bridgehead atoms. The van der Waals surface area contributed by atoms with E-state index < -0.39 is 0 Å². The zero-order valence-corrected chi connectivity index (χ0v) is 13.4. The lowest BCUT2D eigenvalue weighted by atomic mass is 9.79. The van der Waals surface area contributed by atoms with Crippen molar-refractivity contribution in [3.05, 3.63) is 66.2 Å². The van der Waals surface area contributed by atoms with Gasteiger partial charge >= 0.3 is 0 Å². The Balaban J connectivity index is 1.75. The lowest BCUT2D eigenvalue weighted by molar-refractivity contribution is 0.0427. The fraction of sp³-hybridized carbons (Fsp3) is 0.316. The molecule has 0 spiro atoms. The molecule has 3 nitrogen and oxygen atoms in total. The van der Waals surface area contributed by atoms with Gasteiger partial charge in [0.2, 0.25) is 0 Å². The predicted octanol–water partition coefficient (Wildman–Crippen LogP) is 3.95. The number of anilines is 1. The second-order valence-electron chi connectivity index (χ2n) is 6.34. The van der Waals surface area contributed by atoms with Crippen LogP contribution in [-0.4, -0.2) is 25.4 Å². The summed E-state index contributed by atoms with van der Waals surface area (Å²) in [4.78, 5) is 7.99. The molecule has 0 amide bonds. The smallest absolute Gasteiger partial charge is 0.155 e. The van der Waals surface area contributed by atoms with E-state index in [1.807, 2.05) is 24.3 Å². The van der Waals surface area contributed by atoms with Gasteiger partial charge in [0, 0.05) is 18.3 Å². The molecule has 0 radical (unpaired) electrons. The highest BCUT2D eigenvalue weighted by Gasteiger charge is 2.43. The Morgan fingerprint density at radius 3 is 2.23 bits per heavy atom. The van der Waals surface area contributed by atoms with Crippen molar-refractivity contribution in [3.63, 3.8) is 0 Å². The first-order chi connectivity index (χ1) is 10.6. The minimum Gasteiger partial charge on any atom is -0.389 e. The number of hydrogen-bond donors (Lipinski definition) is 0. The lowest BCUT2D eigenvalue weighted by Crippen LogP contribution is -2.41. The third-order valence-corrected chi connectivity index (χ3v) is 4.37. The molecule has 2 aromatic rings. The Hall–Kier alpha value is -2.29. The van der Waals surface area contributed by atoms with E-state index in [0.29, 0.717) is 0 Å². The summed E-state index contributed by atoms with van der Waals surface area (Å²) in [5.41, 5.74) is 3.23. The third-order valence-electron chi connectivity index (χ3n) is 4.37. The zero-order chi connectivity index (χ0) is 15.6. The molecule has 1 atom stereocenters. The molecule has 114 valence electrons. The van der Waals surface area contributed by atoms with Gasteiger partial charge in [-0.25, -0.2) is 0 Å². The van der Waals surface area contributed by atoms with Crippen molar-refractivity contribution in [2.24, 2.45) is 10.6 Å². The van der Waals surface area contributed by atoms with Crippen molar-refractivity contribution >= 4 is 11.4 Å². The van der Waals surface area contributed by atoms with Crippen molar-refractivity contribution in [1.29, 1.82) is 0 Å². The molecular formula is C19H22N2O. The Morgan fingerprint density at radius 2 is 1.59 bits per heavy atom. The van der Waals surface area contributed by atoms with E-state index in [2.05, 4.69) is 67.3 Å². The molecule has 1 aliphatic rings. The summed E-state index contributed by atoms with van der Waals surface area (Å²) >= 11 is 0. The molecule has 1 unspecified atom stereocenters. The fourth-order valence-corrected chi connectivity index (χ4v) is 2.84. The van der Waals surface area contributed by atoms with E-state index in [1.54, 1.807) is 0 Å². The molecule has 0 aromatic heterocycles. The van der Waals surface area contributed by atoms with Gasteiger partial charge in [0.25, 0.3) is 0 Å². The van der Waals surface area contributed by atoms with Gasteiger partial charge in [-0.2, -0.15) is 0 Å². The molecule has 22 heavy (non-hydrogen) atoms. The third kappa shape index (κ3) is 2.71. The molecule has 1 heterocycles. The normalized spacial score (nSPS) is 19.4. The molecule has 0 saturated carbocycles. The minimum atomic E-state index is -0.121. The molecule has 3 rings (SSSR count). The van der Waals surface area contributed by atoms with Crippen molar-refractivity contribution in [2.45, 2.75) is 20.0 Å². The monoisotopic (exact) mass is 294 g/mol. The van der Waals surface area contributed by atoms with Crippen LogP contribution in [0.3, 0.4) is 0 Å². The van der Waals surface area contributed by atoms with Gasteiger partial charge in [-0.05, 0) is 12.1 Å². The van der Waals surface area contributed by atoms with Crippen LogP contribution in [0.25, 0.3) is 0 Å². The standard InChI is InChI=1S/C19H22N2O/c1-19(2)17(14-21(3)16-12-8-5-9-13-16)22-20-18(19)15-10-6-4-7-11-15/h4-13,17H,14H2,1-3H3. The second-order valence-corrected chi connectivity index (χ2v) is 6.34. The van der Waals surface area contributed by atoms with Gasteiger partial charge in [-0.15, -0.1) is 0 Å². The summed E-state index contributed by atoms with van der Waals surface area (Å²) in [5.74, 6) is 0. The molecule has 0 fully saturated rings. The van der Waals surface area contributed by atoms with Crippen molar-refractivity contribution in [1.82, 2.24) is 0 Å². The number of oxime groups is 1. The Morgan fingerprint density at radius 1 is 1.00 bits per heavy atom.